The van der Waals surface area contributed by atoms with Crippen LogP contribution in [0.2, 0.25) is 10.0 Å². The monoisotopic (exact) mass is 322 g/mol. The van der Waals surface area contributed by atoms with E-state index in [9.17, 15) is 4.79 Å². The van der Waals surface area contributed by atoms with Gasteiger partial charge in [-0.1, -0.05) is 47.5 Å². The van der Waals surface area contributed by atoms with Gasteiger partial charge < -0.3 is 11.1 Å². The van der Waals surface area contributed by atoms with Gasteiger partial charge in [0, 0.05) is 28.2 Å². The number of carbonyl (C=O) groups excluding carboxylic acids is 1. The Morgan fingerprint density at radius 3 is 2.52 bits per heavy atom. The second-order valence-electron chi connectivity index (χ2n) is 4.79. The van der Waals surface area contributed by atoms with Gasteiger partial charge in [0.15, 0.2) is 0 Å². The molecule has 0 aromatic heterocycles. The van der Waals surface area contributed by atoms with Crippen molar-refractivity contribution < 1.29 is 4.79 Å². The Labute approximate surface area is 134 Å². The summed E-state index contributed by atoms with van der Waals surface area (Å²) in [5.74, 6) is -0.485. The van der Waals surface area contributed by atoms with Gasteiger partial charge in [-0.15, -0.1) is 0 Å². The van der Waals surface area contributed by atoms with E-state index in [1.807, 2.05) is 31.2 Å². The second kappa shape index (κ2) is 6.94. The van der Waals surface area contributed by atoms with Crippen molar-refractivity contribution in [3.8, 4) is 0 Å². The third-order valence-electron chi connectivity index (χ3n) is 3.31. The second-order valence-corrected chi connectivity index (χ2v) is 5.61. The molecule has 1 atom stereocenters. The first-order valence-electron chi connectivity index (χ1n) is 6.55. The average molecular weight is 323 g/mol. The Morgan fingerprint density at radius 2 is 1.90 bits per heavy atom. The van der Waals surface area contributed by atoms with Gasteiger partial charge in [0.25, 0.3) is 0 Å². The molecule has 0 aliphatic rings. The number of hydrogen-bond acceptors (Lipinski definition) is 2. The van der Waals surface area contributed by atoms with Crippen LogP contribution in [0.15, 0.2) is 42.5 Å². The topological polar surface area (TPSA) is 55.1 Å². The van der Waals surface area contributed by atoms with Gasteiger partial charge in [-0.3, -0.25) is 4.79 Å². The number of rotatable bonds is 5. The lowest BCUT2D eigenvalue weighted by atomic mass is 10.1. The molecule has 5 heteroatoms. The molecule has 0 aliphatic carbocycles. The first-order chi connectivity index (χ1) is 9.99. The lowest BCUT2D eigenvalue weighted by molar-refractivity contribution is 0.100. The summed E-state index contributed by atoms with van der Waals surface area (Å²) in [7, 11) is 0. The van der Waals surface area contributed by atoms with E-state index < -0.39 is 5.91 Å². The van der Waals surface area contributed by atoms with Crippen LogP contribution in [-0.2, 0) is 6.54 Å². The number of halogens is 2. The summed E-state index contributed by atoms with van der Waals surface area (Å²) in [6, 6.07) is 12.8. The highest BCUT2D eigenvalue weighted by molar-refractivity contribution is 6.32. The van der Waals surface area contributed by atoms with Crippen molar-refractivity contribution in [2.75, 3.05) is 0 Å². The summed E-state index contributed by atoms with van der Waals surface area (Å²) in [6.45, 7) is 2.61. The fraction of sp³-hybridized carbons (Fsp3) is 0.188. The van der Waals surface area contributed by atoms with E-state index in [1.165, 1.54) is 0 Å². The zero-order valence-electron chi connectivity index (χ0n) is 11.6. The Balaban J connectivity index is 2.06. The highest BCUT2D eigenvalue weighted by Gasteiger charge is 2.10. The van der Waals surface area contributed by atoms with Crippen molar-refractivity contribution >= 4 is 29.1 Å². The van der Waals surface area contributed by atoms with Crippen LogP contribution in [0.1, 0.15) is 34.5 Å². The number of nitrogens with one attached hydrogen (secondary N) is 1. The molecule has 0 fully saturated rings. The minimum atomic E-state index is -0.485. The summed E-state index contributed by atoms with van der Waals surface area (Å²) >= 11 is 12.3. The Hall–Kier alpha value is -1.55. The fourth-order valence-corrected chi connectivity index (χ4v) is 2.59. The largest absolute Gasteiger partial charge is 0.366 e. The smallest absolute Gasteiger partial charge is 0.248 e. The first kappa shape index (κ1) is 15.8. The molecule has 0 saturated carbocycles. The van der Waals surface area contributed by atoms with Crippen LogP contribution in [0.4, 0.5) is 0 Å². The van der Waals surface area contributed by atoms with Crippen molar-refractivity contribution in [2.45, 2.75) is 19.5 Å². The van der Waals surface area contributed by atoms with E-state index >= 15 is 0 Å². The van der Waals surface area contributed by atoms with E-state index in [4.69, 9.17) is 28.9 Å². The zero-order valence-corrected chi connectivity index (χ0v) is 13.1. The van der Waals surface area contributed by atoms with Crippen LogP contribution in [0.25, 0.3) is 0 Å². The van der Waals surface area contributed by atoms with Gasteiger partial charge in [-0.05, 0) is 36.2 Å². The summed E-state index contributed by atoms with van der Waals surface area (Å²) in [5, 5.41) is 4.61. The number of nitrogens with two attached hydrogens (primary N) is 1. The van der Waals surface area contributed by atoms with Crippen molar-refractivity contribution in [1.29, 1.82) is 0 Å². The van der Waals surface area contributed by atoms with Crippen LogP contribution < -0.4 is 11.1 Å². The Kier molecular flexibility index (Phi) is 5.23. The predicted molar refractivity (Wildman–Crippen MR) is 86.7 cm³/mol. The number of amides is 1. The van der Waals surface area contributed by atoms with E-state index in [2.05, 4.69) is 5.32 Å². The molecular weight excluding hydrogens is 307 g/mol. The van der Waals surface area contributed by atoms with Crippen molar-refractivity contribution in [1.82, 2.24) is 5.32 Å². The summed E-state index contributed by atoms with van der Waals surface area (Å²) in [5.41, 5.74) is 7.56. The summed E-state index contributed by atoms with van der Waals surface area (Å²) in [6.07, 6.45) is 0. The highest BCUT2D eigenvalue weighted by Crippen LogP contribution is 2.23. The molecule has 0 unspecified atom stereocenters. The standard InChI is InChI=1S/C16H16Cl2N2O/c1-10(13-4-2-3-5-14(13)17)20-9-12-7-6-11(16(19)21)8-15(12)18/h2-8,10,20H,9H2,1H3,(H2,19,21)/t10-/m0/s1. The van der Waals surface area contributed by atoms with Crippen LogP contribution in [0.3, 0.4) is 0 Å². The molecule has 2 rings (SSSR count). The van der Waals surface area contributed by atoms with Gasteiger partial charge >= 0.3 is 0 Å². The third-order valence-corrected chi connectivity index (χ3v) is 4.00. The molecule has 0 aliphatic heterocycles. The minimum absolute atomic E-state index is 0.0885. The lowest BCUT2D eigenvalue weighted by Crippen LogP contribution is -2.19. The number of primary amides is 1. The van der Waals surface area contributed by atoms with Gasteiger partial charge in [-0.25, -0.2) is 0 Å². The quantitative estimate of drug-likeness (QED) is 0.875. The van der Waals surface area contributed by atoms with Crippen molar-refractivity contribution in [3.05, 3.63) is 69.2 Å². The zero-order chi connectivity index (χ0) is 15.4. The average Bonchev–Trinajstić information content (AvgIpc) is 2.46. The molecular formula is C16H16Cl2N2O. The molecule has 3 N–H and O–H groups in total. The molecule has 2 aromatic carbocycles. The van der Waals surface area contributed by atoms with E-state index in [0.29, 0.717) is 17.1 Å². The summed E-state index contributed by atoms with van der Waals surface area (Å²) in [4.78, 5) is 11.1. The molecule has 1 amide bonds. The van der Waals surface area contributed by atoms with Crippen LogP contribution in [0, 0.1) is 0 Å². The van der Waals surface area contributed by atoms with Crippen molar-refractivity contribution in [3.63, 3.8) is 0 Å². The number of benzene rings is 2. The molecule has 0 spiro atoms. The van der Waals surface area contributed by atoms with Gasteiger partial charge in [0.1, 0.15) is 0 Å². The van der Waals surface area contributed by atoms with Gasteiger partial charge in [-0.2, -0.15) is 0 Å². The fourth-order valence-electron chi connectivity index (χ4n) is 2.04. The molecule has 0 saturated heterocycles. The maximum absolute atomic E-state index is 11.1. The van der Waals surface area contributed by atoms with Gasteiger partial charge in [0.05, 0.1) is 0 Å². The minimum Gasteiger partial charge on any atom is -0.366 e. The van der Waals surface area contributed by atoms with Gasteiger partial charge in [0.2, 0.25) is 5.91 Å². The van der Waals surface area contributed by atoms with Crippen molar-refractivity contribution in [2.24, 2.45) is 5.73 Å². The number of hydrogen-bond donors (Lipinski definition) is 2. The molecule has 110 valence electrons. The molecule has 2 aromatic rings. The molecule has 21 heavy (non-hydrogen) atoms. The summed E-state index contributed by atoms with van der Waals surface area (Å²) < 4.78 is 0. The van der Waals surface area contributed by atoms with E-state index in [1.54, 1.807) is 18.2 Å². The van der Waals surface area contributed by atoms with E-state index in [0.717, 1.165) is 16.1 Å². The molecule has 0 heterocycles. The normalized spacial score (nSPS) is 12.1. The van der Waals surface area contributed by atoms with Crippen LogP contribution in [0.5, 0.6) is 0 Å². The molecule has 0 radical (unpaired) electrons. The maximum atomic E-state index is 11.1. The van der Waals surface area contributed by atoms with E-state index in [-0.39, 0.29) is 6.04 Å². The Bertz CT molecular complexity index is 658. The highest BCUT2D eigenvalue weighted by atomic mass is 35.5. The molecule has 0 bridgehead atoms. The number of carbonyl (C=O) groups is 1. The first-order valence-corrected chi connectivity index (χ1v) is 7.30. The maximum Gasteiger partial charge on any atom is 0.248 e. The SMILES string of the molecule is C[C@H](NCc1ccc(C(N)=O)cc1Cl)c1ccccc1Cl. The Morgan fingerprint density at radius 1 is 1.19 bits per heavy atom. The predicted octanol–water partition coefficient (Wildman–Crippen LogP) is 3.94. The molecule has 3 nitrogen and oxygen atoms in total. The third kappa shape index (κ3) is 3.97. The van der Waals surface area contributed by atoms with Crippen LogP contribution >= 0.6 is 23.2 Å². The lowest BCUT2D eigenvalue weighted by Gasteiger charge is -2.16. The van der Waals surface area contributed by atoms with Crippen LogP contribution in [-0.4, -0.2) is 5.91 Å².